The number of amides is 1. The lowest BCUT2D eigenvalue weighted by Gasteiger charge is -2.33. The van der Waals surface area contributed by atoms with Crippen LogP contribution in [0.5, 0.6) is 0 Å². The smallest absolute Gasteiger partial charge is 0.251 e. The molecule has 1 aliphatic heterocycles. The predicted octanol–water partition coefficient (Wildman–Crippen LogP) is 5.04. The van der Waals surface area contributed by atoms with E-state index in [1.54, 1.807) is 23.9 Å². The van der Waals surface area contributed by atoms with Crippen LogP contribution in [0.1, 0.15) is 29.3 Å². The van der Waals surface area contributed by atoms with E-state index in [4.69, 9.17) is 23.2 Å². The molecule has 0 saturated carbocycles. The van der Waals surface area contributed by atoms with Gasteiger partial charge in [0.15, 0.2) is 0 Å². The van der Waals surface area contributed by atoms with Crippen molar-refractivity contribution in [3.05, 3.63) is 63.6 Å². The van der Waals surface area contributed by atoms with Crippen LogP contribution >= 0.6 is 35.0 Å². The molecule has 0 unspecified atom stereocenters. The summed E-state index contributed by atoms with van der Waals surface area (Å²) in [5, 5.41) is 4.41. The minimum absolute atomic E-state index is 0.0153. The Kier molecular flexibility index (Phi) is 9.34. The zero-order chi connectivity index (χ0) is 21.3. The molecule has 1 aliphatic rings. The fourth-order valence-electron chi connectivity index (χ4n) is 3.49. The van der Waals surface area contributed by atoms with Gasteiger partial charge in [0, 0.05) is 54.0 Å². The fourth-order valence-corrected chi connectivity index (χ4v) is 4.92. The Bertz CT molecular complexity index is 841. The van der Waals surface area contributed by atoms with Crippen LogP contribution in [0.15, 0.2) is 47.4 Å². The molecular weight excluding hydrogens is 437 g/mol. The third kappa shape index (κ3) is 7.17. The number of hydrogen-bond acceptors (Lipinski definition) is 4. The summed E-state index contributed by atoms with van der Waals surface area (Å²) in [5.74, 6) is 0.712. The number of thioether (sulfide) groups is 1. The van der Waals surface area contributed by atoms with Crippen LogP contribution in [-0.2, 0) is 5.75 Å². The Labute approximate surface area is 193 Å². The Balaban J connectivity index is 1.42. The maximum absolute atomic E-state index is 12.5. The van der Waals surface area contributed by atoms with Crippen LogP contribution in [0, 0.1) is 0 Å². The molecule has 0 bridgehead atoms. The SMILES string of the molecule is CCN1CCN(CCCNC(=O)c2cccc(CSc3cc(Cl)ccc3Cl)c2)CC1. The Morgan fingerprint density at radius 3 is 2.60 bits per heavy atom. The number of benzene rings is 2. The van der Waals surface area contributed by atoms with Gasteiger partial charge in [-0.3, -0.25) is 4.79 Å². The summed E-state index contributed by atoms with van der Waals surface area (Å²) in [5.41, 5.74) is 1.78. The summed E-state index contributed by atoms with van der Waals surface area (Å²) in [6.45, 7) is 9.62. The van der Waals surface area contributed by atoms with Crippen molar-refractivity contribution in [3.63, 3.8) is 0 Å². The molecule has 3 rings (SSSR count). The standard InChI is InChI=1S/C23H29Cl2N3OS/c1-2-27-11-13-28(14-12-27)10-4-9-26-23(29)19-6-3-5-18(15-19)17-30-22-16-20(24)7-8-21(22)25/h3,5-8,15-16H,2,4,9-14,17H2,1H3,(H,26,29). The van der Waals surface area contributed by atoms with Crippen molar-refractivity contribution in [1.29, 1.82) is 0 Å². The molecule has 1 fully saturated rings. The molecule has 0 radical (unpaired) electrons. The molecule has 1 saturated heterocycles. The average Bonchev–Trinajstić information content (AvgIpc) is 2.77. The van der Waals surface area contributed by atoms with Gasteiger partial charge in [0.1, 0.15) is 0 Å². The first-order valence-corrected chi connectivity index (χ1v) is 12.2. The number of piperazine rings is 1. The predicted molar refractivity (Wildman–Crippen MR) is 128 cm³/mol. The van der Waals surface area contributed by atoms with Crippen molar-refractivity contribution < 1.29 is 4.79 Å². The van der Waals surface area contributed by atoms with E-state index in [9.17, 15) is 4.79 Å². The van der Waals surface area contributed by atoms with Crippen molar-refractivity contribution in [2.75, 3.05) is 45.8 Å². The number of hydrogen-bond donors (Lipinski definition) is 1. The van der Waals surface area contributed by atoms with E-state index in [-0.39, 0.29) is 5.91 Å². The minimum Gasteiger partial charge on any atom is -0.352 e. The Morgan fingerprint density at radius 1 is 1.07 bits per heavy atom. The van der Waals surface area contributed by atoms with Gasteiger partial charge in [-0.1, -0.05) is 42.3 Å². The molecular formula is C23H29Cl2N3OS. The second-order valence-electron chi connectivity index (χ2n) is 7.45. The summed E-state index contributed by atoms with van der Waals surface area (Å²) >= 11 is 13.9. The molecule has 7 heteroatoms. The van der Waals surface area contributed by atoms with Gasteiger partial charge in [0.05, 0.1) is 5.02 Å². The molecule has 1 amide bonds. The quantitative estimate of drug-likeness (QED) is 0.415. The number of rotatable bonds is 9. The highest BCUT2D eigenvalue weighted by Crippen LogP contribution is 2.32. The molecule has 2 aromatic carbocycles. The summed E-state index contributed by atoms with van der Waals surface area (Å²) in [6, 6.07) is 13.2. The molecule has 0 atom stereocenters. The molecule has 2 aromatic rings. The highest BCUT2D eigenvalue weighted by atomic mass is 35.5. The number of nitrogens with one attached hydrogen (secondary N) is 1. The van der Waals surface area contributed by atoms with Gasteiger partial charge in [-0.25, -0.2) is 0 Å². The van der Waals surface area contributed by atoms with Crippen molar-refractivity contribution >= 4 is 40.9 Å². The second kappa shape index (κ2) is 12.0. The van der Waals surface area contributed by atoms with Gasteiger partial charge in [-0.15, -0.1) is 11.8 Å². The third-order valence-electron chi connectivity index (χ3n) is 5.33. The van der Waals surface area contributed by atoms with Crippen molar-refractivity contribution in [3.8, 4) is 0 Å². The van der Waals surface area contributed by atoms with Crippen molar-refractivity contribution in [2.45, 2.75) is 24.0 Å². The molecule has 0 aromatic heterocycles. The van der Waals surface area contributed by atoms with E-state index < -0.39 is 0 Å². The second-order valence-corrected chi connectivity index (χ2v) is 9.31. The van der Waals surface area contributed by atoms with Crippen molar-refractivity contribution in [1.82, 2.24) is 15.1 Å². The van der Waals surface area contributed by atoms with Crippen LogP contribution < -0.4 is 5.32 Å². The lowest BCUT2D eigenvalue weighted by Crippen LogP contribution is -2.46. The third-order valence-corrected chi connectivity index (χ3v) is 7.13. The number of carbonyl (C=O) groups excluding carboxylic acids is 1. The molecule has 30 heavy (non-hydrogen) atoms. The van der Waals surface area contributed by atoms with E-state index in [2.05, 4.69) is 22.0 Å². The summed E-state index contributed by atoms with van der Waals surface area (Å²) in [6.07, 6.45) is 0.973. The highest BCUT2D eigenvalue weighted by molar-refractivity contribution is 7.98. The number of likely N-dealkylation sites (N-methyl/N-ethyl adjacent to an activating group) is 1. The number of carbonyl (C=O) groups is 1. The average molecular weight is 466 g/mol. The molecule has 0 spiro atoms. The summed E-state index contributed by atoms with van der Waals surface area (Å²) in [4.78, 5) is 18.4. The zero-order valence-electron chi connectivity index (χ0n) is 17.4. The van der Waals surface area contributed by atoms with Crippen LogP contribution in [0.4, 0.5) is 0 Å². The van der Waals surface area contributed by atoms with E-state index in [1.165, 1.54) is 0 Å². The van der Waals surface area contributed by atoms with Crippen LogP contribution in [0.2, 0.25) is 10.0 Å². The summed E-state index contributed by atoms with van der Waals surface area (Å²) in [7, 11) is 0. The van der Waals surface area contributed by atoms with Crippen LogP contribution in [-0.4, -0.2) is 61.5 Å². The molecule has 162 valence electrons. The van der Waals surface area contributed by atoms with Gasteiger partial charge >= 0.3 is 0 Å². The van der Waals surface area contributed by atoms with E-state index in [0.29, 0.717) is 22.2 Å². The maximum atomic E-state index is 12.5. The molecule has 1 N–H and O–H groups in total. The number of nitrogens with zero attached hydrogens (tertiary/aromatic N) is 2. The monoisotopic (exact) mass is 465 g/mol. The van der Waals surface area contributed by atoms with Gasteiger partial charge in [-0.2, -0.15) is 0 Å². The van der Waals surface area contributed by atoms with E-state index in [0.717, 1.165) is 61.9 Å². The van der Waals surface area contributed by atoms with E-state index in [1.807, 2.05) is 30.3 Å². The summed E-state index contributed by atoms with van der Waals surface area (Å²) < 4.78 is 0. The lowest BCUT2D eigenvalue weighted by atomic mass is 10.1. The van der Waals surface area contributed by atoms with Gasteiger partial charge in [-0.05, 0) is 55.4 Å². The molecule has 1 heterocycles. The van der Waals surface area contributed by atoms with Gasteiger partial charge in [0.25, 0.3) is 5.91 Å². The minimum atomic E-state index is -0.0153. The lowest BCUT2D eigenvalue weighted by molar-refractivity contribution is 0.0948. The van der Waals surface area contributed by atoms with Gasteiger partial charge < -0.3 is 15.1 Å². The van der Waals surface area contributed by atoms with Crippen LogP contribution in [0.3, 0.4) is 0 Å². The van der Waals surface area contributed by atoms with E-state index >= 15 is 0 Å². The normalized spacial score (nSPS) is 15.3. The fraction of sp³-hybridized carbons (Fsp3) is 0.435. The van der Waals surface area contributed by atoms with Crippen molar-refractivity contribution in [2.24, 2.45) is 0 Å². The Morgan fingerprint density at radius 2 is 1.83 bits per heavy atom. The van der Waals surface area contributed by atoms with Crippen LogP contribution in [0.25, 0.3) is 0 Å². The first-order valence-electron chi connectivity index (χ1n) is 10.4. The molecule has 0 aliphatic carbocycles. The zero-order valence-corrected chi connectivity index (χ0v) is 19.7. The highest BCUT2D eigenvalue weighted by Gasteiger charge is 2.15. The first-order chi connectivity index (χ1) is 14.5. The topological polar surface area (TPSA) is 35.6 Å². The molecule has 4 nitrogen and oxygen atoms in total. The largest absolute Gasteiger partial charge is 0.352 e. The number of halogens is 2. The maximum Gasteiger partial charge on any atom is 0.251 e. The van der Waals surface area contributed by atoms with Gasteiger partial charge in [0.2, 0.25) is 0 Å². The first kappa shape index (κ1) is 23.4. The Hall–Kier alpha value is -1.24.